The van der Waals surface area contributed by atoms with Crippen molar-refractivity contribution in [2.45, 2.75) is 40.5 Å². The minimum Gasteiger partial charge on any atom is -0.418 e. The molecule has 0 aromatic heterocycles. The molecule has 0 fully saturated rings. The van der Waals surface area contributed by atoms with Gasteiger partial charge in [0.25, 0.3) is 0 Å². The van der Waals surface area contributed by atoms with Gasteiger partial charge in [-0.15, -0.1) is 0 Å². The van der Waals surface area contributed by atoms with Crippen molar-refractivity contribution in [3.8, 4) is 0 Å². The summed E-state index contributed by atoms with van der Waals surface area (Å²) in [6, 6.07) is 0. The molecule has 0 rings (SSSR count). The van der Waals surface area contributed by atoms with Crippen LogP contribution >= 0.6 is 7.71 Å². The van der Waals surface area contributed by atoms with Gasteiger partial charge in [0.1, 0.15) is 6.16 Å². The Kier molecular flexibility index (Phi) is 12.8. The fourth-order valence-corrected chi connectivity index (χ4v) is 7.03. The number of halogens is 4. The Labute approximate surface area is 134 Å². The van der Waals surface area contributed by atoms with Crippen LogP contribution in [0, 0.1) is 0 Å². The van der Waals surface area contributed by atoms with E-state index in [0.29, 0.717) is 0 Å². The Bertz CT molecular complexity index is 250. The predicted molar refractivity (Wildman–Crippen MR) is 91.8 cm³/mol. The summed E-state index contributed by atoms with van der Waals surface area (Å²) in [5, 5.41) is 0. The molecule has 0 aliphatic heterocycles. The van der Waals surface area contributed by atoms with E-state index in [1.807, 2.05) is 0 Å². The molecule has 0 atom stereocenters. The molecule has 22 heavy (non-hydrogen) atoms. The van der Waals surface area contributed by atoms with Crippen LogP contribution in [0.15, 0.2) is 0 Å². The third-order valence-corrected chi connectivity index (χ3v) is 8.87. The molecule has 0 heterocycles. The Balaban J connectivity index is 0. The molecule has 0 aliphatic rings. The minimum absolute atomic E-state index is 1.13. The van der Waals surface area contributed by atoms with Gasteiger partial charge in [0.05, 0.1) is 0 Å². The highest BCUT2D eigenvalue weighted by atomic mass is 31.2. The maximum Gasteiger partial charge on any atom is 0.673 e. The number of unbranched alkanes of at least 4 members (excludes halogenated alkanes) is 1. The molecule has 0 radical (unpaired) electrons. The highest BCUT2D eigenvalue weighted by molar-refractivity contribution is 7.69. The second-order valence-corrected chi connectivity index (χ2v) is 9.07. The van der Waals surface area contributed by atoms with Crippen molar-refractivity contribution >= 4 is 15.0 Å². The van der Waals surface area contributed by atoms with Crippen molar-refractivity contribution in [1.29, 1.82) is 0 Å². The number of rotatable bonds is 9. The number of hydrogen-bond donors (Lipinski definition) is 0. The van der Waals surface area contributed by atoms with Crippen molar-refractivity contribution < 1.29 is 17.3 Å². The molecule has 9 heteroatoms. The second kappa shape index (κ2) is 11.6. The van der Waals surface area contributed by atoms with Crippen LogP contribution in [0.5, 0.6) is 0 Å². The summed E-state index contributed by atoms with van der Waals surface area (Å²) in [6.45, 7) is 12.5. The molecule has 0 unspecified atom stereocenters. The molecule has 0 saturated heterocycles. The van der Waals surface area contributed by atoms with Gasteiger partial charge in [-0.2, -0.15) is 14.0 Å². The van der Waals surface area contributed by atoms with Gasteiger partial charge in [-0.3, -0.25) is 0 Å². The summed E-state index contributed by atoms with van der Waals surface area (Å²) in [5.74, 6) is 0. The topological polar surface area (TPSA) is 9.72 Å². The normalized spacial score (nSPS) is 12.8. The summed E-state index contributed by atoms with van der Waals surface area (Å²) in [7, 11) is -0.406. The molecule has 136 valence electrons. The van der Waals surface area contributed by atoms with E-state index in [-0.39, 0.29) is 0 Å². The largest absolute Gasteiger partial charge is 0.673 e. The zero-order valence-electron chi connectivity index (χ0n) is 15.1. The molecule has 0 spiro atoms. The maximum atomic E-state index is 9.75. The zero-order valence-corrected chi connectivity index (χ0v) is 16.0. The van der Waals surface area contributed by atoms with Gasteiger partial charge >= 0.3 is 7.25 Å². The standard InChI is InChI=1S/C13H33N3P.BF4/c1-8-12-13-17(14(5)9-2,15(6)10-3)16(7)11-4;2-1(3,4)5/h8-13H2,1-7H3;/q+1;-1. The predicted octanol–water partition coefficient (Wildman–Crippen LogP) is 4.70. The fourth-order valence-electron chi connectivity index (χ4n) is 2.34. The Morgan fingerprint density at radius 1 is 0.727 bits per heavy atom. The van der Waals surface area contributed by atoms with Gasteiger partial charge in [-0.25, -0.2) is 0 Å². The fraction of sp³-hybridized carbons (Fsp3) is 1.00. The number of nitrogens with zero attached hydrogens (tertiary/aromatic N) is 3. The SMILES string of the molecule is CCCC[P+](N(C)CC)(N(C)CC)N(C)CC.F[B-](F)(F)F. The van der Waals surface area contributed by atoms with Crippen molar-refractivity contribution in [3.63, 3.8) is 0 Å². The van der Waals surface area contributed by atoms with E-state index >= 15 is 0 Å². The third-order valence-electron chi connectivity index (χ3n) is 3.83. The average molecular weight is 349 g/mol. The Morgan fingerprint density at radius 3 is 1.18 bits per heavy atom. The van der Waals surface area contributed by atoms with Crippen LogP contribution in [-0.2, 0) is 0 Å². The van der Waals surface area contributed by atoms with E-state index in [2.05, 4.69) is 62.8 Å². The highest BCUT2D eigenvalue weighted by Gasteiger charge is 2.49. The van der Waals surface area contributed by atoms with Crippen LogP contribution in [0.2, 0.25) is 0 Å². The van der Waals surface area contributed by atoms with Crippen LogP contribution in [0.1, 0.15) is 40.5 Å². The van der Waals surface area contributed by atoms with Gasteiger partial charge in [0.2, 0.25) is 7.71 Å². The first-order valence-electron chi connectivity index (χ1n) is 7.91. The van der Waals surface area contributed by atoms with Crippen LogP contribution in [0.4, 0.5) is 17.3 Å². The minimum atomic E-state index is -6.00. The van der Waals surface area contributed by atoms with Crippen LogP contribution < -0.4 is 0 Å². The lowest BCUT2D eigenvalue weighted by atomic mass is 10.3. The zero-order chi connectivity index (χ0) is 18.0. The van der Waals surface area contributed by atoms with Gasteiger partial charge in [0.15, 0.2) is 0 Å². The summed E-state index contributed by atoms with van der Waals surface area (Å²) in [4.78, 5) is 0. The molecule has 0 bridgehead atoms. The summed E-state index contributed by atoms with van der Waals surface area (Å²) in [6.07, 6.45) is 3.93. The van der Waals surface area contributed by atoms with Crippen molar-refractivity contribution in [2.75, 3.05) is 46.9 Å². The van der Waals surface area contributed by atoms with Crippen molar-refractivity contribution in [2.24, 2.45) is 0 Å². The first-order valence-corrected chi connectivity index (χ1v) is 9.74. The third kappa shape index (κ3) is 8.66. The van der Waals surface area contributed by atoms with Gasteiger partial charge in [-0.1, -0.05) is 13.3 Å². The van der Waals surface area contributed by atoms with E-state index in [0.717, 1.165) is 19.6 Å². The molecular formula is C13H33BF4N3P. The lowest BCUT2D eigenvalue weighted by Crippen LogP contribution is -2.42. The monoisotopic (exact) mass is 349 g/mol. The van der Waals surface area contributed by atoms with E-state index in [9.17, 15) is 17.3 Å². The highest BCUT2D eigenvalue weighted by Crippen LogP contribution is 2.65. The van der Waals surface area contributed by atoms with Gasteiger partial charge in [0, 0.05) is 40.8 Å². The van der Waals surface area contributed by atoms with Gasteiger partial charge in [-0.05, 0) is 27.2 Å². The maximum absolute atomic E-state index is 9.75. The van der Waals surface area contributed by atoms with Gasteiger partial charge < -0.3 is 17.3 Å². The van der Waals surface area contributed by atoms with Crippen molar-refractivity contribution in [1.82, 2.24) is 14.0 Å². The summed E-state index contributed by atoms with van der Waals surface area (Å²) >= 11 is 0. The first kappa shape index (κ1) is 24.3. The molecule has 0 amide bonds. The Morgan fingerprint density at radius 2 is 1.00 bits per heavy atom. The lowest BCUT2D eigenvalue weighted by Gasteiger charge is -2.43. The molecule has 0 aromatic carbocycles. The quantitative estimate of drug-likeness (QED) is 0.339. The summed E-state index contributed by atoms with van der Waals surface area (Å²) < 4.78 is 46.8. The van der Waals surface area contributed by atoms with Crippen LogP contribution in [0.25, 0.3) is 0 Å². The first-order chi connectivity index (χ1) is 10.0. The van der Waals surface area contributed by atoms with Crippen LogP contribution in [-0.4, -0.2) is 68.2 Å². The lowest BCUT2D eigenvalue weighted by molar-refractivity contribution is 0.368. The Hall–Kier alpha value is 0.0949. The average Bonchev–Trinajstić information content (AvgIpc) is 2.44. The molecule has 0 saturated carbocycles. The molecule has 3 nitrogen and oxygen atoms in total. The van der Waals surface area contributed by atoms with Crippen LogP contribution in [0.3, 0.4) is 0 Å². The van der Waals surface area contributed by atoms with E-state index in [1.165, 1.54) is 19.0 Å². The molecule has 0 aliphatic carbocycles. The van der Waals surface area contributed by atoms with E-state index in [4.69, 9.17) is 0 Å². The molecule has 0 aromatic rings. The van der Waals surface area contributed by atoms with E-state index in [1.54, 1.807) is 0 Å². The molecular weight excluding hydrogens is 316 g/mol. The number of hydrogen-bond acceptors (Lipinski definition) is 3. The van der Waals surface area contributed by atoms with Crippen molar-refractivity contribution in [3.05, 3.63) is 0 Å². The second-order valence-electron chi connectivity index (χ2n) is 5.19. The molecule has 0 N–H and O–H groups in total. The van der Waals surface area contributed by atoms with E-state index < -0.39 is 15.0 Å². The smallest absolute Gasteiger partial charge is 0.418 e. The summed E-state index contributed by atoms with van der Waals surface area (Å²) in [5.41, 5.74) is 0.